The Balaban J connectivity index is 1.77. The van der Waals surface area contributed by atoms with Crippen molar-refractivity contribution in [1.82, 2.24) is 14.8 Å². The molecule has 0 fully saturated rings. The van der Waals surface area contributed by atoms with Crippen molar-refractivity contribution < 1.29 is 5.11 Å². The molecule has 1 N–H and O–H groups in total. The van der Waals surface area contributed by atoms with Crippen LogP contribution in [0, 0.1) is 0 Å². The Hall–Kier alpha value is -1.88. The highest BCUT2D eigenvalue weighted by atomic mass is 16.3. The van der Waals surface area contributed by atoms with Gasteiger partial charge in [0.2, 0.25) is 0 Å². The Labute approximate surface area is 112 Å². The first kappa shape index (κ1) is 12.2. The molecule has 0 saturated heterocycles. The SMILES string of the molecule is CCC(O)c1ccc(N2CCn3cnnc3C2)cc1. The number of nitrogens with zero attached hydrogens (tertiary/aromatic N) is 4. The van der Waals surface area contributed by atoms with E-state index >= 15 is 0 Å². The molecule has 1 aliphatic rings. The predicted molar refractivity (Wildman–Crippen MR) is 72.8 cm³/mol. The minimum atomic E-state index is -0.362. The van der Waals surface area contributed by atoms with E-state index in [0.29, 0.717) is 0 Å². The molecule has 0 spiro atoms. The van der Waals surface area contributed by atoms with Crippen LogP contribution in [0.2, 0.25) is 0 Å². The molecule has 3 rings (SSSR count). The highest BCUT2D eigenvalue weighted by Crippen LogP contribution is 2.23. The number of anilines is 1. The molecule has 100 valence electrons. The zero-order valence-corrected chi connectivity index (χ0v) is 11.0. The average molecular weight is 258 g/mol. The minimum Gasteiger partial charge on any atom is -0.388 e. The van der Waals surface area contributed by atoms with Crippen LogP contribution < -0.4 is 4.90 Å². The van der Waals surface area contributed by atoms with Gasteiger partial charge >= 0.3 is 0 Å². The number of hydrogen-bond donors (Lipinski definition) is 1. The molecule has 2 aromatic rings. The second kappa shape index (κ2) is 5.01. The number of hydrogen-bond acceptors (Lipinski definition) is 4. The first-order chi connectivity index (χ1) is 9.28. The highest BCUT2D eigenvalue weighted by Gasteiger charge is 2.17. The van der Waals surface area contributed by atoms with Crippen LogP contribution in [0.1, 0.15) is 30.8 Å². The number of benzene rings is 1. The van der Waals surface area contributed by atoms with E-state index in [-0.39, 0.29) is 6.10 Å². The third kappa shape index (κ3) is 2.33. The van der Waals surface area contributed by atoms with E-state index in [2.05, 4.69) is 31.8 Å². The van der Waals surface area contributed by atoms with Gasteiger partial charge in [-0.1, -0.05) is 19.1 Å². The van der Waals surface area contributed by atoms with Crippen molar-refractivity contribution >= 4 is 5.69 Å². The topological polar surface area (TPSA) is 54.2 Å². The molecule has 1 atom stereocenters. The second-order valence-corrected chi connectivity index (χ2v) is 4.88. The van der Waals surface area contributed by atoms with Gasteiger partial charge in [0.25, 0.3) is 0 Å². The van der Waals surface area contributed by atoms with Crippen molar-refractivity contribution in [3.8, 4) is 0 Å². The summed E-state index contributed by atoms with van der Waals surface area (Å²) >= 11 is 0. The van der Waals surface area contributed by atoms with Gasteiger partial charge in [0, 0.05) is 18.8 Å². The Morgan fingerprint density at radius 3 is 2.79 bits per heavy atom. The summed E-state index contributed by atoms with van der Waals surface area (Å²) in [5.41, 5.74) is 2.15. The van der Waals surface area contributed by atoms with Crippen molar-refractivity contribution in [1.29, 1.82) is 0 Å². The summed E-state index contributed by atoms with van der Waals surface area (Å²) in [5.74, 6) is 1.00. The molecule has 1 unspecified atom stereocenters. The van der Waals surface area contributed by atoms with Crippen LogP contribution in [-0.4, -0.2) is 26.4 Å². The second-order valence-electron chi connectivity index (χ2n) is 4.88. The quantitative estimate of drug-likeness (QED) is 0.911. The Bertz CT molecular complexity index is 549. The maximum Gasteiger partial charge on any atom is 0.152 e. The van der Waals surface area contributed by atoms with Gasteiger partial charge in [0.15, 0.2) is 5.82 Å². The van der Waals surface area contributed by atoms with Crippen LogP contribution >= 0.6 is 0 Å². The van der Waals surface area contributed by atoms with Gasteiger partial charge in [0.1, 0.15) is 6.33 Å². The van der Waals surface area contributed by atoms with E-state index in [9.17, 15) is 5.11 Å². The van der Waals surface area contributed by atoms with Crippen LogP contribution in [0.25, 0.3) is 0 Å². The summed E-state index contributed by atoms with van der Waals surface area (Å²) in [4.78, 5) is 2.28. The van der Waals surface area contributed by atoms with Crippen LogP contribution in [-0.2, 0) is 13.1 Å². The number of fused-ring (bicyclic) bond motifs is 1. The summed E-state index contributed by atoms with van der Waals surface area (Å²) in [5, 5.41) is 17.9. The van der Waals surface area contributed by atoms with Gasteiger partial charge in [-0.25, -0.2) is 0 Å². The average Bonchev–Trinajstić information content (AvgIpc) is 2.94. The van der Waals surface area contributed by atoms with Gasteiger partial charge < -0.3 is 14.6 Å². The predicted octanol–water partition coefficient (Wildman–Crippen LogP) is 1.74. The fourth-order valence-electron chi connectivity index (χ4n) is 2.43. The molecule has 5 heteroatoms. The third-order valence-corrected chi connectivity index (χ3v) is 3.67. The molecule has 1 aromatic carbocycles. The number of aliphatic hydroxyl groups is 1. The molecular weight excluding hydrogens is 240 g/mol. The molecule has 0 bridgehead atoms. The Morgan fingerprint density at radius 2 is 2.05 bits per heavy atom. The number of rotatable bonds is 3. The lowest BCUT2D eigenvalue weighted by atomic mass is 10.1. The third-order valence-electron chi connectivity index (χ3n) is 3.67. The van der Waals surface area contributed by atoms with Gasteiger partial charge in [0.05, 0.1) is 12.6 Å². The van der Waals surface area contributed by atoms with Gasteiger partial charge in [-0.05, 0) is 24.1 Å². The normalized spacial score (nSPS) is 16.2. The molecule has 0 radical (unpaired) electrons. The number of aromatic nitrogens is 3. The van der Waals surface area contributed by atoms with E-state index in [1.54, 1.807) is 6.33 Å². The molecule has 1 aliphatic heterocycles. The van der Waals surface area contributed by atoms with Crippen molar-refractivity contribution in [3.63, 3.8) is 0 Å². The Kier molecular flexibility index (Phi) is 3.21. The maximum atomic E-state index is 9.80. The van der Waals surface area contributed by atoms with Crippen molar-refractivity contribution in [2.24, 2.45) is 0 Å². The molecule has 19 heavy (non-hydrogen) atoms. The lowest BCUT2D eigenvalue weighted by Gasteiger charge is -2.29. The molecule has 0 aliphatic carbocycles. The zero-order chi connectivity index (χ0) is 13.2. The van der Waals surface area contributed by atoms with Gasteiger partial charge in [-0.2, -0.15) is 0 Å². The fourth-order valence-corrected chi connectivity index (χ4v) is 2.43. The van der Waals surface area contributed by atoms with Crippen molar-refractivity contribution in [2.75, 3.05) is 11.4 Å². The summed E-state index contributed by atoms with van der Waals surface area (Å²) in [6, 6.07) is 8.14. The van der Waals surface area contributed by atoms with Crippen LogP contribution in [0.3, 0.4) is 0 Å². The summed E-state index contributed by atoms with van der Waals surface area (Å²) in [6.07, 6.45) is 2.16. The number of aliphatic hydroxyl groups excluding tert-OH is 1. The first-order valence-electron chi connectivity index (χ1n) is 6.67. The lowest BCUT2D eigenvalue weighted by Crippen LogP contribution is -2.33. The first-order valence-corrected chi connectivity index (χ1v) is 6.67. The summed E-state index contributed by atoms with van der Waals surface area (Å²) < 4.78 is 2.09. The molecule has 2 heterocycles. The maximum absolute atomic E-state index is 9.80. The molecule has 1 aromatic heterocycles. The van der Waals surface area contributed by atoms with E-state index in [0.717, 1.165) is 37.4 Å². The highest BCUT2D eigenvalue weighted by molar-refractivity contribution is 5.48. The monoisotopic (exact) mass is 258 g/mol. The molecule has 0 amide bonds. The fraction of sp³-hybridized carbons (Fsp3) is 0.429. The van der Waals surface area contributed by atoms with Crippen molar-refractivity contribution in [3.05, 3.63) is 42.0 Å². The smallest absolute Gasteiger partial charge is 0.152 e. The van der Waals surface area contributed by atoms with Crippen molar-refractivity contribution in [2.45, 2.75) is 32.5 Å². The van der Waals surface area contributed by atoms with E-state index in [4.69, 9.17) is 0 Å². The largest absolute Gasteiger partial charge is 0.388 e. The van der Waals surface area contributed by atoms with E-state index in [1.807, 2.05) is 19.1 Å². The summed E-state index contributed by atoms with van der Waals surface area (Å²) in [7, 11) is 0. The lowest BCUT2D eigenvalue weighted by molar-refractivity contribution is 0.173. The zero-order valence-electron chi connectivity index (χ0n) is 11.0. The van der Waals surface area contributed by atoms with Crippen LogP contribution in [0.5, 0.6) is 0 Å². The van der Waals surface area contributed by atoms with Gasteiger partial charge in [-0.3, -0.25) is 0 Å². The molecule has 5 nitrogen and oxygen atoms in total. The standard InChI is InChI=1S/C14H18N4O/c1-2-13(19)11-3-5-12(6-4-11)17-7-8-18-10-15-16-14(18)9-17/h3-6,10,13,19H,2,7-9H2,1H3. The van der Waals surface area contributed by atoms with E-state index < -0.39 is 0 Å². The van der Waals surface area contributed by atoms with Crippen LogP contribution in [0.4, 0.5) is 5.69 Å². The minimum absolute atomic E-state index is 0.362. The van der Waals surface area contributed by atoms with Gasteiger partial charge in [-0.15, -0.1) is 10.2 Å². The molecular formula is C14H18N4O. The van der Waals surface area contributed by atoms with Crippen LogP contribution in [0.15, 0.2) is 30.6 Å². The molecule has 0 saturated carbocycles. The summed E-state index contributed by atoms with van der Waals surface area (Å²) in [6.45, 7) is 4.65. The van der Waals surface area contributed by atoms with E-state index in [1.165, 1.54) is 5.69 Å². The Morgan fingerprint density at radius 1 is 1.26 bits per heavy atom.